The van der Waals surface area contributed by atoms with Crippen molar-refractivity contribution in [3.8, 4) is 0 Å². The van der Waals surface area contributed by atoms with Crippen LogP contribution in [0.15, 0.2) is 30.3 Å². The first-order valence-electron chi connectivity index (χ1n) is 6.82. The molecule has 0 nitrogen and oxygen atoms in total. The molecule has 0 fully saturated rings. The largest absolute Gasteiger partial charge is 0.364 e. The SMILES string of the molecule is CCC[CH2][Mg][CH2]CCC.Cc1ccccc1. The van der Waals surface area contributed by atoms with Crippen LogP contribution in [0.2, 0.25) is 9.10 Å². The summed E-state index contributed by atoms with van der Waals surface area (Å²) in [5, 5.41) is 0. The molecule has 1 heteroatoms. The van der Waals surface area contributed by atoms with Gasteiger partial charge in [-0.25, -0.2) is 0 Å². The summed E-state index contributed by atoms with van der Waals surface area (Å²) in [6.45, 7) is 6.66. The van der Waals surface area contributed by atoms with E-state index < -0.39 is 0 Å². The molecule has 0 radical (unpaired) electrons. The summed E-state index contributed by atoms with van der Waals surface area (Å²) in [6.07, 6.45) is 5.80. The van der Waals surface area contributed by atoms with Crippen molar-refractivity contribution in [3.05, 3.63) is 35.9 Å². The van der Waals surface area contributed by atoms with Crippen LogP contribution in [0.3, 0.4) is 0 Å². The first kappa shape index (κ1) is 16.0. The van der Waals surface area contributed by atoms with E-state index in [-0.39, 0.29) is 0 Å². The van der Waals surface area contributed by atoms with Crippen LogP contribution in [-0.4, -0.2) is 20.4 Å². The van der Waals surface area contributed by atoms with Crippen LogP contribution in [0.1, 0.15) is 45.1 Å². The van der Waals surface area contributed by atoms with E-state index in [0.717, 1.165) is 0 Å². The molecular formula is C15H26Mg. The van der Waals surface area contributed by atoms with Gasteiger partial charge in [0.25, 0.3) is 0 Å². The van der Waals surface area contributed by atoms with Crippen molar-refractivity contribution in [2.24, 2.45) is 0 Å². The third-order valence-corrected chi connectivity index (χ3v) is 4.65. The molecule has 16 heavy (non-hydrogen) atoms. The lowest BCUT2D eigenvalue weighted by Gasteiger charge is -1.93. The monoisotopic (exact) mass is 230 g/mol. The lowest BCUT2D eigenvalue weighted by Crippen LogP contribution is -1.87. The molecule has 0 aliphatic rings. The molecule has 0 aromatic heterocycles. The maximum Gasteiger partial charge on any atom is 0.364 e. The zero-order valence-electron chi connectivity index (χ0n) is 11.3. The maximum absolute atomic E-state index is 2.29. The predicted molar refractivity (Wildman–Crippen MR) is 76.4 cm³/mol. The van der Waals surface area contributed by atoms with Crippen molar-refractivity contribution in [2.45, 2.75) is 55.6 Å². The highest BCUT2D eigenvalue weighted by atomic mass is 24.5. The highest BCUT2D eigenvalue weighted by molar-refractivity contribution is 6.35. The molecule has 0 bridgehead atoms. The smallest absolute Gasteiger partial charge is 0.146 e. The molecule has 1 rings (SSSR count). The van der Waals surface area contributed by atoms with Gasteiger partial charge in [0.1, 0.15) is 0 Å². The van der Waals surface area contributed by atoms with E-state index in [1.807, 2.05) is 18.2 Å². The molecule has 1 aromatic rings. The Morgan fingerprint density at radius 2 is 1.38 bits per heavy atom. The molecule has 0 saturated carbocycles. The molecule has 88 valence electrons. The lowest BCUT2D eigenvalue weighted by molar-refractivity contribution is 0.851. The molecule has 0 atom stereocenters. The zero-order valence-corrected chi connectivity index (χ0v) is 12.8. The van der Waals surface area contributed by atoms with Crippen LogP contribution >= 0.6 is 0 Å². The second-order valence-corrected chi connectivity index (χ2v) is 6.54. The highest BCUT2D eigenvalue weighted by Gasteiger charge is 1.92. The summed E-state index contributed by atoms with van der Waals surface area (Å²) in [5.41, 5.74) is 1.32. The van der Waals surface area contributed by atoms with Gasteiger partial charge in [-0.3, -0.25) is 0 Å². The Kier molecular flexibility index (Phi) is 13.0. The van der Waals surface area contributed by atoms with Crippen LogP contribution < -0.4 is 0 Å². The van der Waals surface area contributed by atoms with E-state index >= 15 is 0 Å². The number of hydrogen-bond donors (Lipinski definition) is 0. The highest BCUT2D eigenvalue weighted by Crippen LogP contribution is 1.99. The van der Waals surface area contributed by atoms with Gasteiger partial charge in [0.05, 0.1) is 0 Å². The fourth-order valence-corrected chi connectivity index (χ4v) is 3.63. The Balaban J connectivity index is 0.000000288. The van der Waals surface area contributed by atoms with E-state index in [0.29, 0.717) is 20.4 Å². The Bertz CT molecular complexity index is 212. The van der Waals surface area contributed by atoms with E-state index in [1.165, 1.54) is 31.2 Å². The summed E-state index contributed by atoms with van der Waals surface area (Å²) < 4.78 is 3.19. The molecule has 1 aromatic carbocycles. The average Bonchev–Trinajstić information content (AvgIpc) is 2.31. The molecule has 0 amide bonds. The number of aryl methyl sites for hydroxylation is 1. The van der Waals surface area contributed by atoms with Crippen LogP contribution in [-0.2, 0) is 0 Å². The van der Waals surface area contributed by atoms with Gasteiger partial charge in [-0.1, -0.05) is 75.4 Å². The Hall–Kier alpha value is -0.0138. The van der Waals surface area contributed by atoms with Gasteiger partial charge in [0.2, 0.25) is 0 Å². The van der Waals surface area contributed by atoms with Crippen molar-refractivity contribution in [2.75, 3.05) is 0 Å². The average molecular weight is 231 g/mol. The van der Waals surface area contributed by atoms with Gasteiger partial charge in [0, 0.05) is 0 Å². The third kappa shape index (κ3) is 12.1. The molecule has 0 N–H and O–H groups in total. The van der Waals surface area contributed by atoms with Gasteiger partial charge in [-0.05, 0) is 6.92 Å². The topological polar surface area (TPSA) is 0 Å². The molecule has 0 aliphatic carbocycles. The molecule has 0 saturated heterocycles. The Morgan fingerprint density at radius 3 is 1.69 bits per heavy atom. The minimum atomic E-state index is 0.389. The minimum Gasteiger partial charge on any atom is -0.146 e. The lowest BCUT2D eigenvalue weighted by atomic mass is 10.2. The number of rotatable bonds is 6. The molecule has 0 unspecified atom stereocenters. The number of benzene rings is 1. The second-order valence-electron chi connectivity index (χ2n) is 4.42. The fourth-order valence-electron chi connectivity index (χ4n) is 1.56. The third-order valence-electron chi connectivity index (χ3n) is 2.65. The molecule has 0 aliphatic heterocycles. The van der Waals surface area contributed by atoms with E-state index in [1.54, 1.807) is 9.10 Å². The van der Waals surface area contributed by atoms with Crippen LogP contribution in [0.5, 0.6) is 0 Å². The summed E-state index contributed by atoms with van der Waals surface area (Å²) in [7, 11) is 0. The standard InChI is InChI=1S/C7H8.2C4H9.Mg/c1-7-5-3-2-4-6-7;2*1-3-4-2;/h2-6H,1H3;2*1,3-4H2,2H3;. The van der Waals surface area contributed by atoms with Gasteiger partial charge in [-0.15, -0.1) is 9.10 Å². The molecule has 0 spiro atoms. The molecular weight excluding hydrogens is 204 g/mol. The van der Waals surface area contributed by atoms with E-state index in [2.05, 4.69) is 32.9 Å². The van der Waals surface area contributed by atoms with E-state index in [9.17, 15) is 0 Å². The normalized spacial score (nSPS) is 8.94. The van der Waals surface area contributed by atoms with Crippen LogP contribution in [0, 0.1) is 6.92 Å². The Labute approximate surface area is 112 Å². The quantitative estimate of drug-likeness (QED) is 0.470. The van der Waals surface area contributed by atoms with Gasteiger partial charge < -0.3 is 0 Å². The number of unbranched alkanes of at least 4 members (excludes halogenated alkanes) is 2. The van der Waals surface area contributed by atoms with Gasteiger partial charge >= 0.3 is 20.4 Å². The van der Waals surface area contributed by atoms with Crippen LogP contribution in [0.25, 0.3) is 0 Å². The fraction of sp³-hybridized carbons (Fsp3) is 0.600. The molecule has 0 heterocycles. The second kappa shape index (κ2) is 13.1. The van der Waals surface area contributed by atoms with Crippen molar-refractivity contribution in [1.82, 2.24) is 0 Å². The minimum absolute atomic E-state index is 0.389. The summed E-state index contributed by atoms with van der Waals surface area (Å²) in [4.78, 5) is 0. The summed E-state index contributed by atoms with van der Waals surface area (Å²) >= 11 is 0.389. The van der Waals surface area contributed by atoms with Gasteiger partial charge in [-0.2, -0.15) is 0 Å². The van der Waals surface area contributed by atoms with Crippen molar-refractivity contribution < 1.29 is 0 Å². The summed E-state index contributed by atoms with van der Waals surface area (Å²) in [5.74, 6) is 0. The van der Waals surface area contributed by atoms with Crippen molar-refractivity contribution in [3.63, 3.8) is 0 Å². The van der Waals surface area contributed by atoms with Crippen LogP contribution in [0.4, 0.5) is 0 Å². The van der Waals surface area contributed by atoms with Crippen molar-refractivity contribution in [1.29, 1.82) is 0 Å². The van der Waals surface area contributed by atoms with Crippen molar-refractivity contribution >= 4 is 20.4 Å². The number of hydrogen-bond acceptors (Lipinski definition) is 0. The Morgan fingerprint density at radius 1 is 0.875 bits per heavy atom. The first-order valence-corrected chi connectivity index (χ1v) is 8.82. The maximum atomic E-state index is 2.29. The van der Waals surface area contributed by atoms with E-state index in [4.69, 9.17) is 0 Å². The zero-order chi connectivity index (χ0) is 12.1. The first-order chi connectivity index (χ1) is 7.81. The summed E-state index contributed by atoms with van der Waals surface area (Å²) in [6, 6.07) is 10.3. The predicted octanol–water partition coefficient (Wildman–Crippen LogP) is 5.12. The van der Waals surface area contributed by atoms with Gasteiger partial charge in [0.15, 0.2) is 0 Å².